The molecule has 3 aromatic rings. The number of nitrogens with zero attached hydrogens (tertiary/aromatic N) is 3. The highest BCUT2D eigenvalue weighted by Gasteiger charge is 2.20. The Morgan fingerprint density at radius 1 is 1.14 bits per heavy atom. The zero-order chi connectivity index (χ0) is 20.1. The van der Waals surface area contributed by atoms with E-state index < -0.39 is 0 Å². The van der Waals surface area contributed by atoms with Crippen LogP contribution in [0.3, 0.4) is 0 Å². The van der Waals surface area contributed by atoms with Crippen molar-refractivity contribution >= 4 is 56.8 Å². The molecule has 0 N–H and O–H groups in total. The molecule has 0 radical (unpaired) electrons. The number of aromatic nitrogens is 1. The number of hydrogen-bond acceptors (Lipinski definition) is 5. The molecule has 4 nitrogen and oxygen atoms in total. The average Bonchev–Trinajstić information content (AvgIpc) is 3.08. The maximum atomic E-state index is 14.0. The van der Waals surface area contributed by atoms with Gasteiger partial charge >= 0.3 is 0 Å². The van der Waals surface area contributed by atoms with E-state index in [1.807, 2.05) is 25.1 Å². The fourth-order valence-corrected chi connectivity index (χ4v) is 4.54. The fraction of sp³-hybridized carbons (Fsp3) is 0.333. The van der Waals surface area contributed by atoms with Crippen LogP contribution >= 0.6 is 35.5 Å². The number of fused-ring (bicyclic) bond motifs is 1. The van der Waals surface area contributed by atoms with Crippen LogP contribution in [0.25, 0.3) is 10.2 Å². The van der Waals surface area contributed by atoms with E-state index in [-0.39, 0.29) is 24.1 Å². The summed E-state index contributed by atoms with van der Waals surface area (Å²) in [6.45, 7) is 3.30. The second kappa shape index (κ2) is 10.9. The van der Waals surface area contributed by atoms with Crippen molar-refractivity contribution in [2.75, 3.05) is 37.8 Å². The van der Waals surface area contributed by atoms with Crippen molar-refractivity contribution in [1.29, 1.82) is 0 Å². The monoisotopic (exact) mass is 453 g/mol. The van der Waals surface area contributed by atoms with Gasteiger partial charge in [0.25, 0.3) is 0 Å². The number of halogens is 2. The predicted molar refractivity (Wildman–Crippen MR) is 124 cm³/mol. The number of para-hydroxylation sites is 1. The average molecular weight is 454 g/mol. The number of benzene rings is 2. The lowest BCUT2D eigenvalue weighted by atomic mass is 10.2. The van der Waals surface area contributed by atoms with Gasteiger partial charge in [0.15, 0.2) is 5.13 Å². The number of amides is 1. The lowest BCUT2D eigenvalue weighted by Gasteiger charge is -2.22. The van der Waals surface area contributed by atoms with Gasteiger partial charge in [-0.3, -0.25) is 9.69 Å². The normalized spacial score (nSPS) is 10.9. The Labute approximate surface area is 185 Å². The Kier molecular flexibility index (Phi) is 8.89. The molecule has 3 rings (SSSR count). The maximum Gasteiger partial charge on any atom is 0.229 e. The first kappa shape index (κ1) is 23.6. The van der Waals surface area contributed by atoms with Crippen molar-refractivity contribution < 1.29 is 9.18 Å². The third-order valence-corrected chi connectivity index (χ3v) is 6.32. The van der Waals surface area contributed by atoms with Crippen LogP contribution in [-0.4, -0.2) is 48.7 Å². The third-order valence-electron chi connectivity index (χ3n) is 4.27. The minimum Gasteiger partial charge on any atom is -0.308 e. The Bertz CT molecular complexity index is 947. The topological polar surface area (TPSA) is 36.4 Å². The van der Waals surface area contributed by atoms with E-state index in [1.54, 1.807) is 22.7 Å². The van der Waals surface area contributed by atoms with Gasteiger partial charge in [-0.1, -0.05) is 35.1 Å². The van der Waals surface area contributed by atoms with Crippen LogP contribution in [0, 0.1) is 12.7 Å². The van der Waals surface area contributed by atoms with Crippen LogP contribution in [0.5, 0.6) is 0 Å². The highest BCUT2D eigenvalue weighted by molar-refractivity contribution is 7.99. The molecule has 29 heavy (non-hydrogen) atoms. The number of thioether (sulfide) groups is 1. The zero-order valence-electron chi connectivity index (χ0n) is 16.7. The van der Waals surface area contributed by atoms with Crippen LogP contribution in [0.1, 0.15) is 12.0 Å². The molecule has 0 bridgehead atoms. The molecule has 2 aromatic carbocycles. The minimum atomic E-state index is -0.352. The van der Waals surface area contributed by atoms with Gasteiger partial charge in [-0.05, 0) is 45.3 Å². The molecule has 0 saturated heterocycles. The first-order valence-electron chi connectivity index (χ1n) is 9.13. The first-order chi connectivity index (χ1) is 13.4. The summed E-state index contributed by atoms with van der Waals surface area (Å²) in [6, 6.07) is 13.2. The van der Waals surface area contributed by atoms with E-state index in [0.717, 1.165) is 16.1 Å². The van der Waals surface area contributed by atoms with Crippen LogP contribution < -0.4 is 4.90 Å². The number of hydrogen-bond donors (Lipinski definition) is 0. The van der Waals surface area contributed by atoms with Crippen molar-refractivity contribution in [3.8, 4) is 0 Å². The summed E-state index contributed by atoms with van der Waals surface area (Å²) in [6.07, 6.45) is 0.407. The molecule has 0 aliphatic rings. The van der Waals surface area contributed by atoms with Gasteiger partial charge in [0.1, 0.15) is 11.3 Å². The Balaban J connectivity index is 0.00000300. The second-order valence-electron chi connectivity index (χ2n) is 6.84. The molecule has 156 valence electrons. The number of carbonyl (C=O) groups excluding carboxylic acids is 1. The van der Waals surface area contributed by atoms with Crippen molar-refractivity contribution in [3.05, 3.63) is 53.8 Å². The molecular formula is C21H25ClFN3OS2. The van der Waals surface area contributed by atoms with E-state index >= 15 is 0 Å². The van der Waals surface area contributed by atoms with E-state index in [9.17, 15) is 9.18 Å². The number of rotatable bonds is 8. The van der Waals surface area contributed by atoms with Crippen molar-refractivity contribution in [2.45, 2.75) is 18.2 Å². The molecule has 0 atom stereocenters. The second-order valence-corrected chi connectivity index (χ2v) is 9.02. The molecule has 0 saturated carbocycles. The Morgan fingerprint density at radius 2 is 1.86 bits per heavy atom. The van der Waals surface area contributed by atoms with Crippen LogP contribution in [0.4, 0.5) is 9.52 Å². The van der Waals surface area contributed by atoms with Crippen LogP contribution in [-0.2, 0) is 4.79 Å². The lowest BCUT2D eigenvalue weighted by molar-refractivity contribution is -0.118. The number of thiazole rings is 1. The maximum absolute atomic E-state index is 14.0. The van der Waals surface area contributed by atoms with Gasteiger partial charge in [0.05, 0.1) is 4.70 Å². The highest BCUT2D eigenvalue weighted by atomic mass is 35.5. The summed E-state index contributed by atoms with van der Waals surface area (Å²) in [5.41, 5.74) is 1.55. The van der Waals surface area contributed by atoms with Gasteiger partial charge in [-0.25, -0.2) is 9.37 Å². The molecule has 0 unspecified atom stereocenters. The van der Waals surface area contributed by atoms with Crippen molar-refractivity contribution in [1.82, 2.24) is 9.88 Å². The van der Waals surface area contributed by atoms with Crippen molar-refractivity contribution in [3.63, 3.8) is 0 Å². The summed E-state index contributed by atoms with van der Waals surface area (Å²) in [7, 11) is 3.93. The predicted octanol–water partition coefficient (Wildman–Crippen LogP) is 5.24. The zero-order valence-corrected chi connectivity index (χ0v) is 19.2. The molecule has 1 amide bonds. The van der Waals surface area contributed by atoms with Gasteiger partial charge in [-0.2, -0.15) is 0 Å². The quantitative estimate of drug-likeness (QED) is 0.437. The summed E-state index contributed by atoms with van der Waals surface area (Å²) < 4.78 is 14.8. The van der Waals surface area contributed by atoms with Crippen LogP contribution in [0.15, 0.2) is 47.4 Å². The number of aryl methyl sites for hydroxylation is 1. The van der Waals surface area contributed by atoms with Crippen LogP contribution in [0.2, 0.25) is 0 Å². The van der Waals surface area contributed by atoms with Gasteiger partial charge in [-0.15, -0.1) is 24.2 Å². The van der Waals surface area contributed by atoms with Gasteiger partial charge < -0.3 is 4.90 Å². The SMILES string of the molecule is Cc1ccc(SCCC(=O)N(CCN(C)C)c2nc3c(F)cccc3s2)cc1.Cl. The molecule has 1 aromatic heterocycles. The molecule has 0 aliphatic heterocycles. The Morgan fingerprint density at radius 3 is 2.52 bits per heavy atom. The van der Waals surface area contributed by atoms with E-state index in [2.05, 4.69) is 36.2 Å². The first-order valence-corrected chi connectivity index (χ1v) is 10.9. The molecule has 1 heterocycles. The molecule has 0 fully saturated rings. The third kappa shape index (κ3) is 6.40. The molecule has 0 spiro atoms. The summed E-state index contributed by atoms with van der Waals surface area (Å²) in [4.78, 5) is 22.2. The lowest BCUT2D eigenvalue weighted by Crippen LogP contribution is -2.36. The smallest absolute Gasteiger partial charge is 0.229 e. The van der Waals surface area contributed by atoms with Gasteiger partial charge in [0, 0.05) is 30.2 Å². The van der Waals surface area contributed by atoms with E-state index in [0.29, 0.717) is 29.4 Å². The minimum absolute atomic E-state index is 0. The molecular weight excluding hydrogens is 429 g/mol. The Hall–Kier alpha value is -1.67. The highest BCUT2D eigenvalue weighted by Crippen LogP contribution is 2.31. The van der Waals surface area contributed by atoms with E-state index in [1.165, 1.54) is 23.0 Å². The molecule has 8 heteroatoms. The van der Waals surface area contributed by atoms with Gasteiger partial charge in [0.2, 0.25) is 5.91 Å². The summed E-state index contributed by atoms with van der Waals surface area (Å²) >= 11 is 3.03. The number of carbonyl (C=O) groups is 1. The number of likely N-dealkylation sites (N-methyl/N-ethyl adjacent to an activating group) is 1. The molecule has 0 aliphatic carbocycles. The van der Waals surface area contributed by atoms with Crippen molar-refractivity contribution in [2.24, 2.45) is 0 Å². The standard InChI is InChI=1S/C21H24FN3OS2.ClH/c1-15-7-9-16(10-8-15)27-14-11-19(26)25(13-12-24(2)3)21-23-20-17(22)5-4-6-18(20)28-21;/h4-10H,11-14H2,1-3H3;1H. The summed E-state index contributed by atoms with van der Waals surface area (Å²) in [5, 5.41) is 0.562. The number of anilines is 1. The van der Waals surface area contributed by atoms with E-state index in [4.69, 9.17) is 0 Å². The fourth-order valence-electron chi connectivity index (χ4n) is 2.67. The summed E-state index contributed by atoms with van der Waals surface area (Å²) in [5.74, 6) is 0.357. The largest absolute Gasteiger partial charge is 0.308 e.